The van der Waals surface area contributed by atoms with Crippen LogP contribution in [-0.2, 0) is 0 Å². The van der Waals surface area contributed by atoms with E-state index in [9.17, 15) is 4.79 Å². The summed E-state index contributed by atoms with van der Waals surface area (Å²) in [7, 11) is 0. The molecule has 0 spiro atoms. The highest BCUT2D eigenvalue weighted by atomic mass is 127. The Hall–Kier alpha value is -1.96. The van der Waals surface area contributed by atoms with Crippen LogP contribution < -0.4 is 0 Å². The second kappa shape index (κ2) is 6.51. The van der Waals surface area contributed by atoms with Gasteiger partial charge in [0.25, 0.3) is 5.91 Å². The monoisotopic (exact) mass is 432 g/mol. The SMILES string of the molecule is O=C(c1ccccc1I)N1CCCC(c2nnc3ccccn23)C1. The largest absolute Gasteiger partial charge is 0.338 e. The van der Waals surface area contributed by atoms with Gasteiger partial charge in [0.15, 0.2) is 5.65 Å². The first kappa shape index (κ1) is 15.6. The molecule has 0 saturated carbocycles. The Balaban J connectivity index is 1.60. The van der Waals surface area contributed by atoms with Crippen molar-refractivity contribution >= 4 is 34.1 Å². The lowest BCUT2D eigenvalue weighted by Crippen LogP contribution is -2.39. The van der Waals surface area contributed by atoms with Crippen LogP contribution in [0.25, 0.3) is 5.65 Å². The molecule has 3 heterocycles. The van der Waals surface area contributed by atoms with Crippen LogP contribution in [0.15, 0.2) is 48.7 Å². The van der Waals surface area contributed by atoms with E-state index in [-0.39, 0.29) is 11.8 Å². The van der Waals surface area contributed by atoms with Gasteiger partial charge in [-0.15, -0.1) is 10.2 Å². The number of carbonyl (C=O) groups is 1. The molecule has 1 aromatic carbocycles. The summed E-state index contributed by atoms with van der Waals surface area (Å²) in [5, 5.41) is 8.62. The first-order chi connectivity index (χ1) is 11.7. The summed E-state index contributed by atoms with van der Waals surface area (Å²) in [6.45, 7) is 1.50. The van der Waals surface area contributed by atoms with E-state index in [1.54, 1.807) is 0 Å². The maximum Gasteiger partial charge on any atom is 0.254 e. The number of carbonyl (C=O) groups excluding carboxylic acids is 1. The third-order valence-electron chi connectivity index (χ3n) is 4.52. The molecule has 1 amide bonds. The minimum Gasteiger partial charge on any atom is -0.338 e. The standard InChI is InChI=1S/C18H17IN4O/c19-15-8-2-1-7-14(15)18(24)22-10-5-6-13(12-22)17-21-20-16-9-3-4-11-23(16)17/h1-4,7-9,11,13H,5-6,10,12H2. The lowest BCUT2D eigenvalue weighted by Gasteiger charge is -2.32. The van der Waals surface area contributed by atoms with Gasteiger partial charge >= 0.3 is 0 Å². The minimum absolute atomic E-state index is 0.110. The number of aromatic nitrogens is 3. The van der Waals surface area contributed by atoms with Crippen LogP contribution >= 0.6 is 22.6 Å². The Labute approximate surface area is 153 Å². The van der Waals surface area contributed by atoms with Crippen LogP contribution in [0.3, 0.4) is 0 Å². The maximum absolute atomic E-state index is 12.9. The molecule has 24 heavy (non-hydrogen) atoms. The van der Waals surface area contributed by atoms with Crippen LogP contribution in [0.5, 0.6) is 0 Å². The molecule has 4 rings (SSSR count). The van der Waals surface area contributed by atoms with Crippen molar-refractivity contribution in [2.75, 3.05) is 13.1 Å². The summed E-state index contributed by atoms with van der Waals surface area (Å²) in [4.78, 5) is 14.8. The molecule has 1 atom stereocenters. The van der Waals surface area contributed by atoms with E-state index in [1.165, 1.54) is 0 Å². The molecule has 0 N–H and O–H groups in total. The quantitative estimate of drug-likeness (QED) is 0.584. The number of rotatable bonds is 2. The number of halogens is 1. The molecule has 0 radical (unpaired) electrons. The number of amides is 1. The van der Waals surface area contributed by atoms with Gasteiger partial charge < -0.3 is 4.90 Å². The molecule has 1 aliphatic heterocycles. The first-order valence-electron chi connectivity index (χ1n) is 8.07. The zero-order valence-corrected chi connectivity index (χ0v) is 15.3. The maximum atomic E-state index is 12.9. The fourth-order valence-electron chi connectivity index (χ4n) is 3.32. The van der Waals surface area contributed by atoms with Crippen molar-refractivity contribution in [1.82, 2.24) is 19.5 Å². The van der Waals surface area contributed by atoms with E-state index in [0.717, 1.165) is 40.0 Å². The number of piperidine rings is 1. The van der Waals surface area contributed by atoms with Crippen molar-refractivity contribution in [3.63, 3.8) is 0 Å². The Bertz CT molecular complexity index is 891. The molecule has 2 aromatic heterocycles. The molecule has 1 unspecified atom stereocenters. The summed E-state index contributed by atoms with van der Waals surface area (Å²) in [6.07, 6.45) is 4.01. The molecule has 6 heteroatoms. The number of fused-ring (bicyclic) bond motifs is 1. The van der Waals surface area contributed by atoms with E-state index in [1.807, 2.05) is 58.0 Å². The van der Waals surface area contributed by atoms with Crippen molar-refractivity contribution in [3.05, 3.63) is 63.6 Å². The van der Waals surface area contributed by atoms with Crippen molar-refractivity contribution < 1.29 is 4.79 Å². The molecular formula is C18H17IN4O. The number of nitrogens with zero attached hydrogens (tertiary/aromatic N) is 4. The second-order valence-corrected chi connectivity index (χ2v) is 7.22. The third kappa shape index (κ3) is 2.79. The zero-order valence-electron chi connectivity index (χ0n) is 13.1. The molecule has 3 aromatic rings. The Kier molecular flexibility index (Phi) is 4.22. The lowest BCUT2D eigenvalue weighted by molar-refractivity contribution is 0.0703. The average Bonchev–Trinajstić information content (AvgIpc) is 3.06. The molecule has 1 fully saturated rings. The number of hydrogen-bond acceptors (Lipinski definition) is 3. The van der Waals surface area contributed by atoms with Gasteiger partial charge in [0.2, 0.25) is 0 Å². The van der Waals surface area contributed by atoms with E-state index < -0.39 is 0 Å². The van der Waals surface area contributed by atoms with Crippen LogP contribution in [0.2, 0.25) is 0 Å². The zero-order chi connectivity index (χ0) is 16.5. The highest BCUT2D eigenvalue weighted by molar-refractivity contribution is 14.1. The molecule has 0 aliphatic carbocycles. The molecule has 5 nitrogen and oxygen atoms in total. The lowest BCUT2D eigenvalue weighted by atomic mass is 9.96. The predicted molar refractivity (Wildman–Crippen MR) is 100 cm³/mol. The topological polar surface area (TPSA) is 50.5 Å². The van der Waals surface area contributed by atoms with Gasteiger partial charge in [-0.3, -0.25) is 9.20 Å². The van der Waals surface area contributed by atoms with Gasteiger partial charge in [-0.1, -0.05) is 18.2 Å². The van der Waals surface area contributed by atoms with E-state index >= 15 is 0 Å². The predicted octanol–water partition coefficient (Wildman–Crippen LogP) is 3.35. The van der Waals surface area contributed by atoms with E-state index in [2.05, 4.69) is 32.8 Å². The van der Waals surface area contributed by atoms with E-state index in [4.69, 9.17) is 0 Å². The van der Waals surface area contributed by atoms with Crippen LogP contribution in [0.4, 0.5) is 0 Å². The Morgan fingerprint density at radius 2 is 1.96 bits per heavy atom. The summed E-state index contributed by atoms with van der Waals surface area (Å²) in [5.41, 5.74) is 1.64. The van der Waals surface area contributed by atoms with Crippen LogP contribution in [0, 0.1) is 3.57 Å². The smallest absolute Gasteiger partial charge is 0.254 e. The molecular weight excluding hydrogens is 415 g/mol. The number of pyridine rings is 1. The minimum atomic E-state index is 0.110. The van der Waals surface area contributed by atoms with Gasteiger partial charge in [-0.2, -0.15) is 0 Å². The van der Waals surface area contributed by atoms with Gasteiger partial charge in [-0.05, 0) is 59.7 Å². The Morgan fingerprint density at radius 1 is 1.12 bits per heavy atom. The van der Waals surface area contributed by atoms with Crippen LogP contribution in [0.1, 0.15) is 34.9 Å². The summed E-state index contributed by atoms with van der Waals surface area (Å²) in [5.74, 6) is 1.28. The summed E-state index contributed by atoms with van der Waals surface area (Å²) in [6, 6.07) is 13.7. The summed E-state index contributed by atoms with van der Waals surface area (Å²) < 4.78 is 3.03. The fourth-order valence-corrected chi connectivity index (χ4v) is 3.93. The molecule has 1 saturated heterocycles. The van der Waals surface area contributed by atoms with Crippen molar-refractivity contribution in [2.45, 2.75) is 18.8 Å². The van der Waals surface area contributed by atoms with Gasteiger partial charge in [-0.25, -0.2) is 0 Å². The van der Waals surface area contributed by atoms with Crippen molar-refractivity contribution in [3.8, 4) is 0 Å². The molecule has 122 valence electrons. The number of hydrogen-bond donors (Lipinski definition) is 0. The second-order valence-electron chi connectivity index (χ2n) is 6.06. The Morgan fingerprint density at radius 3 is 2.83 bits per heavy atom. The number of benzene rings is 1. The first-order valence-corrected chi connectivity index (χ1v) is 9.15. The summed E-state index contributed by atoms with van der Waals surface area (Å²) >= 11 is 2.23. The highest BCUT2D eigenvalue weighted by Gasteiger charge is 2.28. The van der Waals surface area contributed by atoms with Crippen molar-refractivity contribution in [2.24, 2.45) is 0 Å². The molecule has 0 bridgehead atoms. The average molecular weight is 432 g/mol. The normalized spacial score (nSPS) is 18.0. The fraction of sp³-hybridized carbons (Fsp3) is 0.278. The van der Waals surface area contributed by atoms with Gasteiger partial charge in [0.1, 0.15) is 5.82 Å². The molecule has 1 aliphatic rings. The highest BCUT2D eigenvalue weighted by Crippen LogP contribution is 2.27. The van der Waals surface area contributed by atoms with Crippen LogP contribution in [-0.4, -0.2) is 38.5 Å². The van der Waals surface area contributed by atoms with E-state index in [0.29, 0.717) is 6.54 Å². The number of likely N-dealkylation sites (tertiary alicyclic amines) is 1. The third-order valence-corrected chi connectivity index (χ3v) is 5.46. The van der Waals surface area contributed by atoms with Crippen molar-refractivity contribution in [1.29, 1.82) is 0 Å². The van der Waals surface area contributed by atoms with Gasteiger partial charge in [0.05, 0.1) is 5.56 Å². The van der Waals surface area contributed by atoms with Gasteiger partial charge in [0, 0.05) is 28.8 Å².